The predicted molar refractivity (Wildman–Crippen MR) is 77.7 cm³/mol. The van der Waals surface area contributed by atoms with E-state index in [-0.39, 0.29) is 11.0 Å². The minimum Gasteiger partial charge on any atom is -0.342 e. The van der Waals surface area contributed by atoms with Gasteiger partial charge >= 0.3 is 0 Å². The highest BCUT2D eigenvalue weighted by atomic mass is 127. The molecular weight excluding hydrogens is 329 g/mol. The monoisotopic (exact) mass is 347 g/mol. The van der Waals surface area contributed by atoms with Gasteiger partial charge in [-0.25, -0.2) is 4.98 Å². The molecule has 0 saturated carbocycles. The minimum absolute atomic E-state index is 0.0209. The predicted octanol–water partition coefficient (Wildman–Crippen LogP) is 2.27. The van der Waals surface area contributed by atoms with Crippen LogP contribution >= 0.6 is 22.6 Å². The molecule has 0 aromatic carbocycles. The van der Waals surface area contributed by atoms with Crippen molar-refractivity contribution >= 4 is 28.5 Å². The lowest BCUT2D eigenvalue weighted by molar-refractivity contribution is 0.560. The molecule has 1 aromatic rings. The maximum atomic E-state index is 11.9. The van der Waals surface area contributed by atoms with Crippen molar-refractivity contribution in [2.24, 2.45) is 0 Å². The summed E-state index contributed by atoms with van der Waals surface area (Å²) in [5, 5.41) is 0. The molecule has 1 N–H and O–H groups in total. The van der Waals surface area contributed by atoms with Gasteiger partial charge in [0.05, 0.1) is 5.69 Å². The van der Waals surface area contributed by atoms with Gasteiger partial charge in [-0.3, -0.25) is 9.78 Å². The van der Waals surface area contributed by atoms with Gasteiger partial charge in [-0.2, -0.15) is 0 Å². The van der Waals surface area contributed by atoms with Gasteiger partial charge in [0.2, 0.25) is 5.95 Å². The quantitative estimate of drug-likeness (QED) is 0.793. The SMILES string of the molecule is CC(C)(C)c1nc(N2CCCC2)[nH]c(=O)c1I. The van der Waals surface area contributed by atoms with Gasteiger partial charge in [0, 0.05) is 18.5 Å². The van der Waals surface area contributed by atoms with Gasteiger partial charge in [0.25, 0.3) is 5.56 Å². The number of hydrogen-bond donors (Lipinski definition) is 1. The van der Waals surface area contributed by atoms with E-state index in [4.69, 9.17) is 0 Å². The fourth-order valence-corrected chi connectivity index (χ4v) is 3.09. The molecule has 1 saturated heterocycles. The molecule has 0 amide bonds. The Morgan fingerprint density at radius 2 is 1.88 bits per heavy atom. The third-order valence-electron chi connectivity index (χ3n) is 2.97. The van der Waals surface area contributed by atoms with Gasteiger partial charge in [-0.15, -0.1) is 0 Å². The first-order valence-electron chi connectivity index (χ1n) is 5.95. The highest BCUT2D eigenvalue weighted by Gasteiger charge is 2.24. The van der Waals surface area contributed by atoms with Crippen molar-refractivity contribution in [1.29, 1.82) is 0 Å². The van der Waals surface area contributed by atoms with Crippen molar-refractivity contribution in [1.82, 2.24) is 9.97 Å². The molecular formula is C12H18IN3O. The normalized spacial score (nSPS) is 16.6. The molecule has 94 valence electrons. The van der Waals surface area contributed by atoms with Gasteiger partial charge in [0.1, 0.15) is 3.57 Å². The van der Waals surface area contributed by atoms with Crippen LogP contribution in [-0.2, 0) is 5.41 Å². The Morgan fingerprint density at radius 1 is 1.29 bits per heavy atom. The van der Waals surface area contributed by atoms with E-state index in [1.54, 1.807) is 0 Å². The van der Waals surface area contributed by atoms with Crippen molar-refractivity contribution in [3.63, 3.8) is 0 Å². The van der Waals surface area contributed by atoms with Crippen molar-refractivity contribution in [2.75, 3.05) is 18.0 Å². The Balaban J connectivity index is 2.49. The van der Waals surface area contributed by atoms with Gasteiger partial charge in [-0.1, -0.05) is 20.8 Å². The molecule has 0 aliphatic carbocycles. The zero-order valence-corrected chi connectivity index (χ0v) is 12.7. The fourth-order valence-electron chi connectivity index (χ4n) is 2.02. The van der Waals surface area contributed by atoms with Crippen LogP contribution in [0.4, 0.5) is 5.95 Å². The van der Waals surface area contributed by atoms with Crippen LogP contribution in [0.5, 0.6) is 0 Å². The average Bonchev–Trinajstić information content (AvgIpc) is 2.73. The van der Waals surface area contributed by atoms with Gasteiger partial charge in [-0.05, 0) is 35.4 Å². The first-order valence-corrected chi connectivity index (χ1v) is 7.03. The lowest BCUT2D eigenvalue weighted by Gasteiger charge is -2.22. The molecule has 2 heterocycles. The Labute approximate surface area is 115 Å². The molecule has 4 nitrogen and oxygen atoms in total. The zero-order chi connectivity index (χ0) is 12.6. The molecule has 0 radical (unpaired) electrons. The molecule has 17 heavy (non-hydrogen) atoms. The molecule has 1 fully saturated rings. The third-order valence-corrected chi connectivity index (χ3v) is 3.97. The Hall–Kier alpha value is -0.590. The van der Waals surface area contributed by atoms with Crippen molar-refractivity contribution < 1.29 is 0 Å². The molecule has 0 unspecified atom stereocenters. The van der Waals surface area contributed by atoms with E-state index in [1.165, 1.54) is 12.8 Å². The lowest BCUT2D eigenvalue weighted by Crippen LogP contribution is -2.29. The number of hydrogen-bond acceptors (Lipinski definition) is 3. The topological polar surface area (TPSA) is 49.0 Å². The van der Waals surface area contributed by atoms with Crippen LogP contribution in [-0.4, -0.2) is 23.1 Å². The second-order valence-electron chi connectivity index (χ2n) is 5.50. The summed E-state index contributed by atoms with van der Waals surface area (Å²) < 4.78 is 0.707. The Bertz CT molecular complexity index is 470. The Kier molecular flexibility index (Phi) is 3.47. The summed E-state index contributed by atoms with van der Waals surface area (Å²) in [6.45, 7) is 8.25. The van der Waals surface area contributed by atoms with Gasteiger partial charge in [0.15, 0.2) is 0 Å². The largest absolute Gasteiger partial charge is 0.342 e. The summed E-state index contributed by atoms with van der Waals surface area (Å²) in [6.07, 6.45) is 2.36. The maximum absolute atomic E-state index is 11.9. The van der Waals surface area contributed by atoms with Crippen LogP contribution in [0.2, 0.25) is 0 Å². The number of nitrogens with one attached hydrogen (secondary N) is 1. The van der Waals surface area contributed by atoms with E-state index in [0.717, 1.165) is 24.7 Å². The summed E-state index contributed by atoms with van der Waals surface area (Å²) in [4.78, 5) is 21.6. The number of aromatic nitrogens is 2. The number of aromatic amines is 1. The second-order valence-corrected chi connectivity index (χ2v) is 6.58. The Morgan fingerprint density at radius 3 is 2.41 bits per heavy atom. The van der Waals surface area contributed by atoms with Crippen LogP contribution in [0.1, 0.15) is 39.3 Å². The fraction of sp³-hybridized carbons (Fsp3) is 0.667. The summed E-state index contributed by atoms with van der Waals surface area (Å²) in [5.41, 5.74) is 0.773. The van der Waals surface area contributed by atoms with E-state index in [9.17, 15) is 4.79 Å². The van der Waals surface area contributed by atoms with Crippen molar-refractivity contribution in [3.05, 3.63) is 19.6 Å². The standard InChI is InChI=1S/C12H18IN3O/c1-12(2,3)9-8(13)10(17)15-11(14-9)16-6-4-5-7-16/h4-7H2,1-3H3,(H,14,15,17). The molecule has 0 bridgehead atoms. The molecule has 1 aliphatic rings. The summed E-state index contributed by atoms with van der Waals surface area (Å²) in [7, 11) is 0. The van der Waals surface area contributed by atoms with Crippen LogP contribution in [0, 0.1) is 3.57 Å². The summed E-state index contributed by atoms with van der Waals surface area (Å²) in [6, 6.07) is 0. The smallest absolute Gasteiger partial charge is 0.266 e. The van der Waals surface area contributed by atoms with Crippen molar-refractivity contribution in [2.45, 2.75) is 39.0 Å². The second kappa shape index (κ2) is 4.59. The minimum atomic E-state index is -0.0980. The number of H-pyrrole nitrogens is 1. The van der Waals surface area contributed by atoms with E-state index in [1.807, 2.05) is 0 Å². The molecule has 1 aliphatic heterocycles. The van der Waals surface area contributed by atoms with E-state index >= 15 is 0 Å². The highest BCUT2D eigenvalue weighted by Crippen LogP contribution is 2.25. The number of nitrogens with zero attached hydrogens (tertiary/aromatic N) is 2. The number of rotatable bonds is 1. The summed E-state index contributed by atoms with van der Waals surface area (Å²) >= 11 is 2.09. The summed E-state index contributed by atoms with van der Waals surface area (Å²) in [5.74, 6) is 0.734. The maximum Gasteiger partial charge on any atom is 0.266 e. The van der Waals surface area contributed by atoms with Crippen LogP contribution in [0.15, 0.2) is 4.79 Å². The van der Waals surface area contributed by atoms with Crippen LogP contribution in [0.3, 0.4) is 0 Å². The molecule has 1 aromatic heterocycles. The van der Waals surface area contributed by atoms with E-state index in [0.29, 0.717) is 3.57 Å². The molecule has 2 rings (SSSR count). The van der Waals surface area contributed by atoms with E-state index in [2.05, 4.69) is 58.2 Å². The van der Waals surface area contributed by atoms with Crippen molar-refractivity contribution in [3.8, 4) is 0 Å². The number of halogens is 1. The highest BCUT2D eigenvalue weighted by molar-refractivity contribution is 14.1. The zero-order valence-electron chi connectivity index (χ0n) is 10.5. The molecule has 0 atom stereocenters. The third kappa shape index (κ3) is 2.64. The van der Waals surface area contributed by atoms with Crippen LogP contribution < -0.4 is 10.5 Å². The first-order chi connectivity index (χ1) is 7.89. The molecule has 0 spiro atoms. The van der Waals surface area contributed by atoms with Crippen LogP contribution in [0.25, 0.3) is 0 Å². The average molecular weight is 347 g/mol. The lowest BCUT2D eigenvalue weighted by atomic mass is 9.92. The van der Waals surface area contributed by atoms with E-state index < -0.39 is 0 Å². The molecule has 5 heteroatoms. The van der Waals surface area contributed by atoms with Gasteiger partial charge < -0.3 is 4.90 Å². The number of anilines is 1. The first kappa shape index (κ1) is 12.9.